The Morgan fingerprint density at radius 2 is 1.18 bits per heavy atom. The van der Waals surface area contributed by atoms with E-state index in [4.69, 9.17) is 10.2 Å². The van der Waals surface area contributed by atoms with Crippen LogP contribution in [0.1, 0.15) is 0 Å². The minimum absolute atomic E-state index is 0. The van der Waals surface area contributed by atoms with Crippen LogP contribution in [0.25, 0.3) is 0 Å². The molecular formula is C4H4MnO6. The molecule has 0 bridgehead atoms. The van der Waals surface area contributed by atoms with Crippen molar-refractivity contribution in [3.05, 3.63) is 0 Å². The van der Waals surface area contributed by atoms with Gasteiger partial charge in [0.1, 0.15) is 12.2 Å². The van der Waals surface area contributed by atoms with E-state index in [0.717, 1.165) is 0 Å². The van der Waals surface area contributed by atoms with Crippen LogP contribution >= 0.6 is 0 Å². The fraction of sp³-hybridized carbons (Fsp3) is 0.500. The standard InChI is InChI=1S/C4H6O6.Mn/c5-1(3(7)8)2(6)4(9)10;/h1-2,5-6H,(H,7,8)(H,9,10);/q;+2/p-2. The number of carbonyl (C=O) groups excluding carboxylic acids is 2. The van der Waals surface area contributed by atoms with E-state index in [1.54, 1.807) is 0 Å². The summed E-state index contributed by atoms with van der Waals surface area (Å²) in [7, 11) is 0. The Hall–Kier alpha value is -0.621. The third kappa shape index (κ3) is 3.94. The van der Waals surface area contributed by atoms with Gasteiger partial charge in [-0.3, -0.25) is 0 Å². The minimum Gasteiger partial charge on any atom is -0.547 e. The molecule has 0 aliphatic rings. The SMILES string of the molecule is O=C([O-])C(O)C(O)C(=O)[O-].[Mn+2]. The van der Waals surface area contributed by atoms with Crippen molar-refractivity contribution in [1.82, 2.24) is 0 Å². The molecule has 11 heavy (non-hydrogen) atoms. The third-order valence-electron chi connectivity index (χ3n) is 0.782. The van der Waals surface area contributed by atoms with Gasteiger partial charge in [-0.2, -0.15) is 0 Å². The molecule has 0 heterocycles. The second-order valence-electron chi connectivity index (χ2n) is 1.53. The molecule has 0 amide bonds. The monoisotopic (exact) mass is 203 g/mol. The van der Waals surface area contributed by atoms with Gasteiger partial charge in [-0.1, -0.05) is 0 Å². The molecule has 0 rings (SSSR count). The summed E-state index contributed by atoms with van der Waals surface area (Å²) in [6.07, 6.45) is -4.88. The molecule has 2 atom stereocenters. The number of hydrogen-bond acceptors (Lipinski definition) is 6. The van der Waals surface area contributed by atoms with Gasteiger partial charge in [0.05, 0.1) is 11.9 Å². The van der Waals surface area contributed by atoms with E-state index in [0.29, 0.717) is 0 Å². The average molecular weight is 203 g/mol. The van der Waals surface area contributed by atoms with E-state index < -0.39 is 24.1 Å². The molecule has 63 valence electrons. The number of carbonyl (C=O) groups is 2. The molecule has 0 saturated heterocycles. The van der Waals surface area contributed by atoms with Crippen LogP contribution in [0.15, 0.2) is 0 Å². The molecule has 0 spiro atoms. The quantitative estimate of drug-likeness (QED) is 0.444. The van der Waals surface area contributed by atoms with Gasteiger partial charge in [0.25, 0.3) is 0 Å². The molecule has 0 saturated carbocycles. The van der Waals surface area contributed by atoms with E-state index in [2.05, 4.69) is 0 Å². The van der Waals surface area contributed by atoms with E-state index in [1.165, 1.54) is 0 Å². The predicted octanol–water partition coefficient (Wildman–Crippen LogP) is -4.79. The van der Waals surface area contributed by atoms with Crippen LogP contribution in [-0.4, -0.2) is 34.4 Å². The summed E-state index contributed by atoms with van der Waals surface area (Å²) in [5.74, 6) is -4.12. The molecule has 2 N–H and O–H groups in total. The Balaban J connectivity index is 0. The Morgan fingerprint density at radius 1 is 1.00 bits per heavy atom. The first-order chi connectivity index (χ1) is 4.46. The maximum atomic E-state index is 9.63. The molecular weight excluding hydrogens is 199 g/mol. The van der Waals surface area contributed by atoms with Crippen molar-refractivity contribution in [1.29, 1.82) is 0 Å². The second kappa shape index (κ2) is 5.09. The topological polar surface area (TPSA) is 121 Å². The van der Waals surface area contributed by atoms with Gasteiger partial charge in [-0.25, -0.2) is 0 Å². The Labute approximate surface area is 71.9 Å². The molecule has 0 aliphatic heterocycles. The molecule has 2 unspecified atom stereocenters. The summed E-state index contributed by atoms with van der Waals surface area (Å²) in [4.78, 5) is 19.3. The van der Waals surface area contributed by atoms with Gasteiger partial charge in [0, 0.05) is 0 Å². The number of hydrogen-bond donors (Lipinski definition) is 2. The van der Waals surface area contributed by atoms with E-state index in [-0.39, 0.29) is 17.1 Å². The van der Waals surface area contributed by atoms with Gasteiger partial charge < -0.3 is 30.0 Å². The van der Waals surface area contributed by atoms with Crippen LogP contribution < -0.4 is 10.2 Å². The second-order valence-corrected chi connectivity index (χ2v) is 1.53. The summed E-state index contributed by atoms with van der Waals surface area (Å²) in [6, 6.07) is 0. The van der Waals surface area contributed by atoms with Gasteiger partial charge >= 0.3 is 17.1 Å². The molecule has 0 aromatic carbocycles. The number of aliphatic hydroxyl groups is 2. The molecule has 0 aromatic rings. The van der Waals surface area contributed by atoms with E-state index >= 15 is 0 Å². The third-order valence-corrected chi connectivity index (χ3v) is 0.782. The van der Waals surface area contributed by atoms with Crippen LogP contribution in [0.3, 0.4) is 0 Å². The maximum Gasteiger partial charge on any atom is 2.00 e. The van der Waals surface area contributed by atoms with Crippen molar-refractivity contribution in [2.75, 3.05) is 0 Å². The van der Waals surface area contributed by atoms with Gasteiger partial charge in [-0.05, 0) is 0 Å². The number of carboxylic acids is 2. The molecule has 6 nitrogen and oxygen atoms in total. The summed E-state index contributed by atoms with van der Waals surface area (Å²) in [5, 5.41) is 35.7. The fourth-order valence-corrected chi connectivity index (χ4v) is 0.258. The molecule has 0 aliphatic carbocycles. The average Bonchev–Trinajstić information content (AvgIpc) is 1.84. The Morgan fingerprint density at radius 3 is 1.27 bits per heavy atom. The number of aliphatic carboxylic acids is 2. The van der Waals surface area contributed by atoms with Crippen molar-refractivity contribution in [3.8, 4) is 0 Å². The largest absolute Gasteiger partial charge is 2.00 e. The van der Waals surface area contributed by atoms with Crippen molar-refractivity contribution in [2.45, 2.75) is 12.2 Å². The van der Waals surface area contributed by atoms with Crippen LogP contribution in [0, 0.1) is 0 Å². The molecule has 7 heteroatoms. The zero-order valence-corrected chi connectivity index (χ0v) is 6.24. The minimum atomic E-state index is -2.44. The predicted molar refractivity (Wildman–Crippen MR) is 22.0 cm³/mol. The first kappa shape index (κ1) is 13.0. The summed E-state index contributed by atoms with van der Waals surface area (Å²) in [5.41, 5.74) is 0. The van der Waals surface area contributed by atoms with Gasteiger partial charge in [-0.15, -0.1) is 0 Å². The zero-order chi connectivity index (χ0) is 8.31. The Kier molecular flexibility index (Phi) is 6.01. The van der Waals surface area contributed by atoms with E-state index in [1.807, 2.05) is 0 Å². The maximum absolute atomic E-state index is 9.63. The zero-order valence-electron chi connectivity index (χ0n) is 5.06. The smallest absolute Gasteiger partial charge is 0.547 e. The number of carboxylic acid groups (broad SMARTS) is 2. The molecule has 0 fully saturated rings. The number of aliphatic hydroxyl groups excluding tert-OH is 2. The van der Waals surface area contributed by atoms with Crippen molar-refractivity contribution >= 4 is 11.9 Å². The summed E-state index contributed by atoms with van der Waals surface area (Å²) in [6.45, 7) is 0. The van der Waals surface area contributed by atoms with Crippen LogP contribution in [0.4, 0.5) is 0 Å². The van der Waals surface area contributed by atoms with E-state index in [9.17, 15) is 19.8 Å². The van der Waals surface area contributed by atoms with Crippen LogP contribution in [0.5, 0.6) is 0 Å². The van der Waals surface area contributed by atoms with Crippen LogP contribution in [0.2, 0.25) is 0 Å². The van der Waals surface area contributed by atoms with Gasteiger partial charge in [0.15, 0.2) is 0 Å². The first-order valence-corrected chi connectivity index (χ1v) is 2.24. The van der Waals surface area contributed by atoms with Crippen molar-refractivity contribution in [2.24, 2.45) is 0 Å². The van der Waals surface area contributed by atoms with Crippen LogP contribution in [-0.2, 0) is 26.7 Å². The first-order valence-electron chi connectivity index (χ1n) is 2.24. The molecule has 1 radical (unpaired) electrons. The van der Waals surface area contributed by atoms with Crippen molar-refractivity contribution in [3.63, 3.8) is 0 Å². The normalized spacial score (nSPS) is 14.4. The summed E-state index contributed by atoms with van der Waals surface area (Å²) >= 11 is 0. The Bertz CT molecular complexity index is 139. The molecule has 0 aromatic heterocycles. The van der Waals surface area contributed by atoms with Gasteiger partial charge in [0.2, 0.25) is 0 Å². The van der Waals surface area contributed by atoms with Crippen molar-refractivity contribution < 1.29 is 47.1 Å². The fourth-order valence-electron chi connectivity index (χ4n) is 0.258. The number of rotatable bonds is 3. The summed E-state index contributed by atoms with van der Waals surface area (Å²) < 4.78 is 0.